The van der Waals surface area contributed by atoms with Gasteiger partial charge in [-0.2, -0.15) is 0 Å². The average Bonchev–Trinajstić information content (AvgIpc) is 3.16. The van der Waals surface area contributed by atoms with E-state index in [-0.39, 0.29) is 0 Å². The van der Waals surface area contributed by atoms with Crippen molar-refractivity contribution in [3.8, 4) is 10.4 Å². The van der Waals surface area contributed by atoms with E-state index in [4.69, 9.17) is 0 Å². The maximum atomic E-state index is 14.8. The van der Waals surface area contributed by atoms with Gasteiger partial charge in [-0.3, -0.25) is 9.78 Å². The molecule has 2 aromatic heterocycles. The Morgan fingerprint density at radius 1 is 1.12 bits per heavy atom. The largest absolute Gasteiger partial charge is 0.308 e. The number of carbonyl (C=O) groups excluding carboxylic acids is 1. The highest BCUT2D eigenvalue weighted by Gasteiger charge is 2.39. The van der Waals surface area contributed by atoms with Gasteiger partial charge in [-0.15, -0.1) is 11.3 Å². The minimum Gasteiger partial charge on any atom is -0.308 e. The molecule has 1 amide bonds. The summed E-state index contributed by atoms with van der Waals surface area (Å²) in [6, 6.07) is 7.84. The molecule has 4 nitrogen and oxygen atoms in total. The summed E-state index contributed by atoms with van der Waals surface area (Å²) < 4.78 is 14.8. The van der Waals surface area contributed by atoms with Crippen LogP contribution in [-0.4, -0.2) is 21.5 Å². The molecule has 0 aliphatic heterocycles. The van der Waals surface area contributed by atoms with Crippen molar-refractivity contribution in [2.45, 2.75) is 37.8 Å². The lowest BCUT2D eigenvalue weighted by molar-refractivity contribution is -0.129. The lowest BCUT2D eigenvalue weighted by atomic mass is 9.86. The number of benzene rings is 1. The summed E-state index contributed by atoms with van der Waals surface area (Å²) in [6.07, 6.45) is 6.62. The first-order valence-corrected chi connectivity index (χ1v) is 9.31. The van der Waals surface area contributed by atoms with Crippen molar-refractivity contribution in [3.63, 3.8) is 0 Å². The highest BCUT2D eigenvalue weighted by Crippen LogP contribution is 2.33. The van der Waals surface area contributed by atoms with Crippen LogP contribution in [0.3, 0.4) is 0 Å². The number of anilines is 1. The number of fused-ring (bicyclic) bond motifs is 1. The van der Waals surface area contributed by atoms with Crippen molar-refractivity contribution in [2.75, 3.05) is 5.32 Å². The highest BCUT2D eigenvalue weighted by atomic mass is 32.1. The Kier molecular flexibility index (Phi) is 4.21. The van der Waals surface area contributed by atoms with Gasteiger partial charge in [-0.25, -0.2) is 9.37 Å². The van der Waals surface area contributed by atoms with Crippen LogP contribution in [0.4, 0.5) is 10.2 Å². The second-order valence-electron chi connectivity index (χ2n) is 6.48. The number of alkyl halides is 1. The smallest absolute Gasteiger partial charge is 0.263 e. The first kappa shape index (κ1) is 16.1. The normalized spacial score (nSPS) is 16.7. The lowest BCUT2D eigenvalue weighted by Crippen LogP contribution is -2.40. The third-order valence-corrected chi connectivity index (χ3v) is 5.56. The Labute approximate surface area is 149 Å². The van der Waals surface area contributed by atoms with Gasteiger partial charge in [0.2, 0.25) is 0 Å². The van der Waals surface area contributed by atoms with Gasteiger partial charge in [0, 0.05) is 17.8 Å². The molecule has 6 heteroatoms. The third-order valence-electron chi connectivity index (χ3n) is 4.73. The van der Waals surface area contributed by atoms with E-state index < -0.39 is 11.6 Å². The molecule has 128 valence electrons. The number of carbonyl (C=O) groups is 1. The Bertz CT molecular complexity index is 904. The number of nitrogens with zero attached hydrogens (tertiary/aromatic N) is 2. The Morgan fingerprint density at radius 3 is 2.72 bits per heavy atom. The third kappa shape index (κ3) is 3.26. The molecule has 0 atom stereocenters. The number of thiazole rings is 1. The molecule has 1 N–H and O–H groups in total. The molecule has 0 bridgehead atoms. The van der Waals surface area contributed by atoms with Crippen molar-refractivity contribution in [3.05, 3.63) is 42.2 Å². The van der Waals surface area contributed by atoms with Gasteiger partial charge in [0.05, 0.1) is 10.4 Å². The molecule has 2 heterocycles. The summed E-state index contributed by atoms with van der Waals surface area (Å²) in [7, 11) is 0. The van der Waals surface area contributed by atoms with E-state index in [0.717, 1.165) is 40.5 Å². The van der Waals surface area contributed by atoms with Crippen molar-refractivity contribution < 1.29 is 9.18 Å². The number of rotatable bonds is 3. The molecular formula is C19H18FN3OS. The fraction of sp³-hybridized carbons (Fsp3) is 0.316. The second kappa shape index (κ2) is 6.52. The van der Waals surface area contributed by atoms with E-state index in [2.05, 4.69) is 15.3 Å². The summed E-state index contributed by atoms with van der Waals surface area (Å²) >= 11 is 1.57. The number of nitrogens with one attached hydrogen (secondary N) is 1. The SMILES string of the molecule is O=C(Nc1cc2cc(-c3cncs3)ccc2cn1)C1(F)CCCCC1. The van der Waals surface area contributed by atoms with Gasteiger partial charge in [0.15, 0.2) is 5.67 Å². The molecule has 0 radical (unpaired) electrons. The number of hydrogen-bond donors (Lipinski definition) is 1. The van der Waals surface area contributed by atoms with E-state index in [9.17, 15) is 9.18 Å². The predicted molar refractivity (Wildman–Crippen MR) is 98.4 cm³/mol. The van der Waals surface area contributed by atoms with Crippen LogP contribution in [0.1, 0.15) is 32.1 Å². The van der Waals surface area contributed by atoms with Crippen molar-refractivity contribution in [1.82, 2.24) is 9.97 Å². The lowest BCUT2D eigenvalue weighted by Gasteiger charge is -2.27. The minimum atomic E-state index is -1.76. The zero-order chi connectivity index (χ0) is 17.3. The number of pyridine rings is 1. The predicted octanol–water partition coefficient (Wildman–Crippen LogP) is 4.97. The zero-order valence-electron chi connectivity index (χ0n) is 13.7. The second-order valence-corrected chi connectivity index (χ2v) is 7.36. The fourth-order valence-corrected chi connectivity index (χ4v) is 3.91. The molecule has 1 aromatic carbocycles. The number of halogens is 1. The Morgan fingerprint density at radius 2 is 1.96 bits per heavy atom. The Balaban J connectivity index is 1.60. The molecule has 1 saturated carbocycles. The molecule has 0 spiro atoms. The van der Waals surface area contributed by atoms with Crippen molar-refractivity contribution >= 4 is 33.8 Å². The van der Waals surface area contributed by atoms with Crippen LogP contribution < -0.4 is 5.32 Å². The molecule has 0 saturated heterocycles. The van der Waals surface area contributed by atoms with E-state index in [0.29, 0.717) is 18.7 Å². The van der Waals surface area contributed by atoms with Crippen LogP contribution in [-0.2, 0) is 4.79 Å². The van der Waals surface area contributed by atoms with Crippen LogP contribution in [0.2, 0.25) is 0 Å². The van der Waals surface area contributed by atoms with Gasteiger partial charge >= 0.3 is 0 Å². The van der Waals surface area contributed by atoms with Crippen molar-refractivity contribution in [1.29, 1.82) is 0 Å². The molecule has 1 aliphatic carbocycles. The van der Waals surface area contributed by atoms with E-state index >= 15 is 0 Å². The fourth-order valence-electron chi connectivity index (χ4n) is 3.29. The topological polar surface area (TPSA) is 54.9 Å². The van der Waals surface area contributed by atoms with E-state index in [1.165, 1.54) is 0 Å². The molecule has 25 heavy (non-hydrogen) atoms. The molecule has 3 aromatic rings. The van der Waals surface area contributed by atoms with Crippen LogP contribution in [0, 0.1) is 0 Å². The average molecular weight is 355 g/mol. The maximum Gasteiger partial charge on any atom is 0.263 e. The van der Waals surface area contributed by atoms with Crippen molar-refractivity contribution in [2.24, 2.45) is 0 Å². The maximum absolute atomic E-state index is 14.8. The standard InChI is InChI=1S/C19H18FN3OS/c20-19(6-2-1-3-7-19)18(24)23-17-9-15-8-13(16-11-21-12-25-16)4-5-14(15)10-22-17/h4-5,8-12H,1-3,6-7H2,(H,22,23,24). The van der Waals surface area contributed by atoms with Crippen LogP contribution >= 0.6 is 11.3 Å². The molecule has 1 fully saturated rings. The van der Waals surface area contributed by atoms with Crippen LogP contribution in [0.15, 0.2) is 42.2 Å². The number of amides is 1. The van der Waals surface area contributed by atoms with Gasteiger partial charge in [-0.05, 0) is 48.8 Å². The van der Waals surface area contributed by atoms with Gasteiger partial charge in [0.1, 0.15) is 5.82 Å². The van der Waals surface area contributed by atoms with Gasteiger partial charge < -0.3 is 5.32 Å². The minimum absolute atomic E-state index is 0.294. The van der Waals surface area contributed by atoms with E-state index in [1.807, 2.05) is 24.4 Å². The number of aromatic nitrogens is 2. The molecular weight excluding hydrogens is 337 g/mol. The molecule has 0 unspecified atom stereocenters. The highest BCUT2D eigenvalue weighted by molar-refractivity contribution is 7.13. The quantitative estimate of drug-likeness (QED) is 0.722. The molecule has 4 rings (SSSR count). The summed E-state index contributed by atoms with van der Waals surface area (Å²) in [6.45, 7) is 0. The zero-order valence-corrected chi connectivity index (χ0v) is 14.5. The van der Waals surface area contributed by atoms with E-state index in [1.54, 1.807) is 29.1 Å². The monoisotopic (exact) mass is 355 g/mol. The first-order valence-electron chi connectivity index (χ1n) is 8.43. The Hall–Kier alpha value is -2.34. The summed E-state index contributed by atoms with van der Waals surface area (Å²) in [5, 5.41) is 4.59. The van der Waals surface area contributed by atoms with Crippen LogP contribution in [0.25, 0.3) is 21.2 Å². The molecule has 1 aliphatic rings. The number of hydrogen-bond acceptors (Lipinski definition) is 4. The summed E-state index contributed by atoms with van der Waals surface area (Å²) in [5.74, 6) is -0.181. The summed E-state index contributed by atoms with van der Waals surface area (Å²) in [4.78, 5) is 21.8. The summed E-state index contributed by atoms with van der Waals surface area (Å²) in [5.41, 5.74) is 1.09. The van der Waals surface area contributed by atoms with Gasteiger partial charge in [-0.1, -0.05) is 18.6 Å². The van der Waals surface area contributed by atoms with Crippen LogP contribution in [0.5, 0.6) is 0 Å². The first-order chi connectivity index (χ1) is 12.1. The van der Waals surface area contributed by atoms with Gasteiger partial charge in [0.25, 0.3) is 5.91 Å².